The normalized spacial score (nSPS) is 23.1. The fourth-order valence-corrected chi connectivity index (χ4v) is 3.65. The van der Waals surface area contributed by atoms with Gasteiger partial charge in [0.2, 0.25) is 5.95 Å². The fourth-order valence-electron chi connectivity index (χ4n) is 2.89. The molecular weight excluding hydrogens is 290 g/mol. The molecule has 1 fully saturated rings. The highest BCUT2D eigenvalue weighted by Gasteiger charge is 2.31. The molecular formula is C13H19N5O2S. The monoisotopic (exact) mass is 309 g/mol. The Labute approximate surface area is 125 Å². The maximum Gasteiger partial charge on any atom is 0.276 e. The van der Waals surface area contributed by atoms with Crippen LogP contribution in [0.5, 0.6) is 0 Å². The average molecular weight is 309 g/mol. The summed E-state index contributed by atoms with van der Waals surface area (Å²) in [7, 11) is 0. The summed E-state index contributed by atoms with van der Waals surface area (Å²) in [6, 6.07) is 0. The predicted molar refractivity (Wildman–Crippen MR) is 84.3 cm³/mol. The van der Waals surface area contributed by atoms with Crippen LogP contribution >= 0.6 is 11.8 Å². The Morgan fingerprint density at radius 1 is 1.57 bits per heavy atom. The summed E-state index contributed by atoms with van der Waals surface area (Å²) in [5.74, 6) is 1.37. The summed E-state index contributed by atoms with van der Waals surface area (Å²) in [6.45, 7) is 2.15. The maximum atomic E-state index is 11.8. The van der Waals surface area contributed by atoms with Crippen molar-refractivity contribution in [3.63, 3.8) is 0 Å². The predicted octanol–water partition coefficient (Wildman–Crippen LogP) is -0.0109. The summed E-state index contributed by atoms with van der Waals surface area (Å²) in [6.07, 6.45) is 3.55. The molecule has 0 aromatic carbocycles. The highest BCUT2D eigenvalue weighted by molar-refractivity contribution is 7.98. The molecule has 2 atom stereocenters. The molecule has 1 aliphatic rings. The van der Waals surface area contributed by atoms with E-state index in [1.165, 1.54) is 0 Å². The van der Waals surface area contributed by atoms with Crippen LogP contribution in [0.2, 0.25) is 0 Å². The number of aromatic nitrogens is 3. The number of aliphatic hydroxyl groups is 1. The van der Waals surface area contributed by atoms with Crippen LogP contribution in [-0.2, 0) is 6.54 Å². The van der Waals surface area contributed by atoms with Gasteiger partial charge in [-0.2, -0.15) is 11.8 Å². The number of likely N-dealkylation sites (tertiary alicyclic amines) is 1. The van der Waals surface area contributed by atoms with Crippen molar-refractivity contribution in [1.29, 1.82) is 0 Å². The number of H-pyrrole nitrogens is 2. The van der Waals surface area contributed by atoms with Crippen molar-refractivity contribution < 1.29 is 5.11 Å². The molecule has 0 bridgehead atoms. The van der Waals surface area contributed by atoms with E-state index in [2.05, 4.69) is 19.9 Å². The number of nitrogen functional groups attached to an aromatic ring is 1. The molecule has 3 heterocycles. The van der Waals surface area contributed by atoms with Gasteiger partial charge in [0.1, 0.15) is 11.0 Å². The summed E-state index contributed by atoms with van der Waals surface area (Å²) in [4.78, 5) is 23.6. The second-order valence-corrected chi connectivity index (χ2v) is 6.38. The summed E-state index contributed by atoms with van der Waals surface area (Å²) >= 11 is 1.75. The van der Waals surface area contributed by atoms with E-state index in [0.29, 0.717) is 30.0 Å². The third-order valence-electron chi connectivity index (χ3n) is 3.89. The lowest BCUT2D eigenvalue weighted by Crippen LogP contribution is -2.21. The Morgan fingerprint density at radius 3 is 3.14 bits per heavy atom. The molecule has 0 spiro atoms. The lowest BCUT2D eigenvalue weighted by atomic mass is 10.1. The number of nitrogens with one attached hydrogen (secondary N) is 2. The average Bonchev–Trinajstić information content (AvgIpc) is 2.96. The van der Waals surface area contributed by atoms with E-state index >= 15 is 0 Å². The Morgan fingerprint density at radius 2 is 2.38 bits per heavy atom. The number of nitrogens with zero attached hydrogens (tertiary/aromatic N) is 2. The van der Waals surface area contributed by atoms with E-state index in [0.717, 1.165) is 17.9 Å². The van der Waals surface area contributed by atoms with Crippen molar-refractivity contribution in [2.75, 3.05) is 30.8 Å². The van der Waals surface area contributed by atoms with Crippen molar-refractivity contribution in [3.8, 4) is 0 Å². The first-order valence-corrected chi connectivity index (χ1v) is 8.23. The maximum absolute atomic E-state index is 11.8. The lowest BCUT2D eigenvalue weighted by Gasteiger charge is -2.14. The van der Waals surface area contributed by atoms with Crippen molar-refractivity contribution >= 4 is 28.7 Å². The summed E-state index contributed by atoms with van der Waals surface area (Å²) in [5, 5.41) is 10.1. The lowest BCUT2D eigenvalue weighted by molar-refractivity contribution is 0.149. The highest BCUT2D eigenvalue weighted by Crippen LogP contribution is 2.23. The molecule has 0 aliphatic carbocycles. The standard InChI is InChI=1S/C13H19N5O2S/c1-21-6-8-4-18(5-9(8)19)3-7-2-15-11-10(7)16-13(14)17-12(11)20/h2,8-9,15,19H,3-6H2,1H3,(H3,14,16,17,20)/t8-,9+/m0/s1. The van der Waals surface area contributed by atoms with E-state index in [9.17, 15) is 9.90 Å². The summed E-state index contributed by atoms with van der Waals surface area (Å²) in [5.41, 5.74) is 7.33. The molecule has 0 radical (unpaired) electrons. The van der Waals surface area contributed by atoms with E-state index in [1.54, 1.807) is 18.0 Å². The van der Waals surface area contributed by atoms with Crippen LogP contribution in [-0.4, -0.2) is 56.2 Å². The smallest absolute Gasteiger partial charge is 0.276 e. The van der Waals surface area contributed by atoms with Crippen LogP contribution in [0.1, 0.15) is 5.56 Å². The van der Waals surface area contributed by atoms with Gasteiger partial charge in [0.25, 0.3) is 5.56 Å². The van der Waals surface area contributed by atoms with Gasteiger partial charge in [-0.1, -0.05) is 0 Å². The van der Waals surface area contributed by atoms with Gasteiger partial charge in [-0.25, -0.2) is 4.98 Å². The van der Waals surface area contributed by atoms with Crippen LogP contribution in [0.3, 0.4) is 0 Å². The zero-order chi connectivity index (χ0) is 15.0. The van der Waals surface area contributed by atoms with Gasteiger partial charge in [-0.15, -0.1) is 0 Å². The van der Waals surface area contributed by atoms with Gasteiger partial charge in [0, 0.05) is 37.3 Å². The molecule has 0 unspecified atom stereocenters. The summed E-state index contributed by atoms with van der Waals surface area (Å²) < 4.78 is 0. The number of nitrogens with two attached hydrogens (primary N) is 1. The van der Waals surface area contributed by atoms with Gasteiger partial charge < -0.3 is 15.8 Å². The van der Waals surface area contributed by atoms with Crippen LogP contribution < -0.4 is 11.3 Å². The number of thioether (sulfide) groups is 1. The molecule has 8 heteroatoms. The minimum absolute atomic E-state index is 0.120. The van der Waals surface area contributed by atoms with Crippen LogP contribution in [0.15, 0.2) is 11.0 Å². The molecule has 3 rings (SSSR count). The number of anilines is 1. The van der Waals surface area contributed by atoms with Crippen molar-refractivity contribution in [2.45, 2.75) is 12.6 Å². The number of fused-ring (bicyclic) bond motifs is 1. The number of rotatable bonds is 4. The number of β-amino-alcohol motifs (C(OH)–C–C–N with tert-alkyl or cyclic N) is 1. The fraction of sp³-hybridized carbons (Fsp3) is 0.538. The van der Waals surface area contributed by atoms with Gasteiger partial charge >= 0.3 is 0 Å². The van der Waals surface area contributed by atoms with Gasteiger partial charge in [0.05, 0.1) is 6.10 Å². The third-order valence-corrected chi connectivity index (χ3v) is 4.65. The first-order chi connectivity index (χ1) is 10.1. The topological polar surface area (TPSA) is 111 Å². The third kappa shape index (κ3) is 2.78. The minimum atomic E-state index is -0.288. The molecule has 0 saturated carbocycles. The minimum Gasteiger partial charge on any atom is -0.391 e. The SMILES string of the molecule is CSC[C@@H]1CN(Cc2c[nH]c3c(=O)[nH]c(N)nc23)C[C@H]1O. The van der Waals surface area contributed by atoms with E-state index in [4.69, 9.17) is 5.73 Å². The largest absolute Gasteiger partial charge is 0.391 e. The van der Waals surface area contributed by atoms with E-state index in [1.807, 2.05) is 6.26 Å². The Kier molecular flexibility index (Phi) is 3.92. The zero-order valence-electron chi connectivity index (χ0n) is 11.8. The second kappa shape index (κ2) is 5.70. The highest BCUT2D eigenvalue weighted by atomic mass is 32.2. The van der Waals surface area contributed by atoms with Crippen molar-refractivity contribution in [1.82, 2.24) is 19.9 Å². The molecule has 2 aromatic heterocycles. The Bertz CT molecular complexity index is 697. The number of hydrogen-bond donors (Lipinski definition) is 4. The van der Waals surface area contributed by atoms with Crippen molar-refractivity contribution in [3.05, 3.63) is 22.1 Å². The Hall–Kier alpha value is -1.51. The van der Waals surface area contributed by atoms with E-state index < -0.39 is 0 Å². The molecule has 1 aliphatic heterocycles. The van der Waals surface area contributed by atoms with Crippen LogP contribution in [0.25, 0.3) is 11.0 Å². The number of aliphatic hydroxyl groups excluding tert-OH is 1. The molecule has 2 aromatic rings. The quantitative estimate of drug-likeness (QED) is 0.632. The van der Waals surface area contributed by atoms with Crippen LogP contribution in [0, 0.1) is 5.92 Å². The first-order valence-electron chi connectivity index (χ1n) is 6.83. The molecule has 1 saturated heterocycles. The van der Waals surface area contributed by atoms with E-state index in [-0.39, 0.29) is 17.6 Å². The van der Waals surface area contributed by atoms with Crippen molar-refractivity contribution in [2.24, 2.45) is 5.92 Å². The molecule has 0 amide bonds. The van der Waals surface area contributed by atoms with Crippen LogP contribution in [0.4, 0.5) is 5.95 Å². The Balaban J connectivity index is 1.82. The zero-order valence-corrected chi connectivity index (χ0v) is 12.6. The second-order valence-electron chi connectivity index (χ2n) is 5.47. The van der Waals surface area contributed by atoms with Gasteiger partial charge in [-0.3, -0.25) is 14.7 Å². The number of hydrogen-bond acceptors (Lipinski definition) is 6. The first kappa shape index (κ1) is 14.4. The van der Waals surface area contributed by atoms with Gasteiger partial charge in [-0.05, 0) is 12.0 Å². The molecule has 5 N–H and O–H groups in total. The van der Waals surface area contributed by atoms with Gasteiger partial charge in [0.15, 0.2) is 0 Å². The molecule has 114 valence electrons. The molecule has 21 heavy (non-hydrogen) atoms. The number of aromatic amines is 2. The molecule has 7 nitrogen and oxygen atoms in total.